The van der Waals surface area contributed by atoms with Crippen LogP contribution in [0.25, 0.3) is 0 Å². The minimum Gasteiger partial charge on any atom is -0.256 e. The van der Waals surface area contributed by atoms with Crippen LogP contribution in [0, 0.1) is 6.92 Å². The number of halogens is 1. The van der Waals surface area contributed by atoms with Gasteiger partial charge in [0.05, 0.1) is 5.69 Å². The van der Waals surface area contributed by atoms with Crippen molar-refractivity contribution in [3.8, 4) is 0 Å². The molecule has 0 heterocycles. The van der Waals surface area contributed by atoms with Gasteiger partial charge in [-0.05, 0) is 30.7 Å². The monoisotopic (exact) mass is 229 g/mol. The molecule has 2 rings (SSSR count). The molecule has 0 amide bonds. The lowest BCUT2D eigenvalue weighted by Gasteiger charge is -1.96. The Hall–Kier alpha value is -1.60. The van der Waals surface area contributed by atoms with Crippen molar-refractivity contribution in [3.05, 3.63) is 64.7 Å². The lowest BCUT2D eigenvalue weighted by molar-refractivity contribution is 1.45. The molecule has 0 bridgehead atoms. The number of aryl methyl sites for hydroxylation is 1. The molecule has 0 aliphatic rings. The fraction of sp³-hybridized carbons (Fsp3) is 0.0714. The molecule has 0 fully saturated rings. The topological polar surface area (TPSA) is 12.4 Å². The zero-order chi connectivity index (χ0) is 11.4. The van der Waals surface area contributed by atoms with Crippen LogP contribution in [-0.4, -0.2) is 6.21 Å². The van der Waals surface area contributed by atoms with E-state index in [0.29, 0.717) is 5.02 Å². The van der Waals surface area contributed by atoms with E-state index in [9.17, 15) is 0 Å². The predicted molar refractivity (Wildman–Crippen MR) is 69.9 cm³/mol. The summed E-state index contributed by atoms with van der Waals surface area (Å²) >= 11 is 5.88. The van der Waals surface area contributed by atoms with Crippen LogP contribution in [0.1, 0.15) is 11.1 Å². The maximum atomic E-state index is 5.88. The van der Waals surface area contributed by atoms with Crippen LogP contribution >= 0.6 is 11.6 Å². The number of nitrogens with zero attached hydrogens (tertiary/aromatic N) is 1. The van der Waals surface area contributed by atoms with Crippen LogP contribution < -0.4 is 0 Å². The van der Waals surface area contributed by atoms with Crippen LogP contribution in [0.2, 0.25) is 5.02 Å². The third-order valence-electron chi connectivity index (χ3n) is 2.21. The molecular weight excluding hydrogens is 218 g/mol. The van der Waals surface area contributed by atoms with Crippen LogP contribution in [0.5, 0.6) is 0 Å². The van der Waals surface area contributed by atoms with Gasteiger partial charge in [-0.3, -0.25) is 4.99 Å². The van der Waals surface area contributed by atoms with Crippen molar-refractivity contribution in [2.24, 2.45) is 4.99 Å². The van der Waals surface area contributed by atoms with Crippen LogP contribution in [-0.2, 0) is 0 Å². The van der Waals surface area contributed by atoms with Crippen molar-refractivity contribution < 1.29 is 0 Å². The summed E-state index contributed by atoms with van der Waals surface area (Å²) in [5, 5.41) is 0.707. The molecule has 0 atom stereocenters. The molecule has 0 aliphatic heterocycles. The Bertz CT molecular complexity index is 470. The normalized spacial score (nSPS) is 10.9. The van der Waals surface area contributed by atoms with E-state index in [1.807, 2.05) is 42.6 Å². The molecule has 0 aliphatic carbocycles. The number of hydrogen-bond acceptors (Lipinski definition) is 1. The summed E-state index contributed by atoms with van der Waals surface area (Å²) in [6.45, 7) is 2.07. The SMILES string of the molecule is Cc1cccc(C=Nc2cccc(Cl)c2)c1. The van der Waals surface area contributed by atoms with Gasteiger partial charge in [0.2, 0.25) is 0 Å². The molecule has 0 aromatic heterocycles. The van der Waals surface area contributed by atoms with E-state index < -0.39 is 0 Å². The second kappa shape index (κ2) is 4.95. The predicted octanol–water partition coefficient (Wildman–Crippen LogP) is 4.40. The van der Waals surface area contributed by atoms with E-state index in [1.165, 1.54) is 5.56 Å². The average Bonchev–Trinajstić information content (AvgIpc) is 2.27. The maximum absolute atomic E-state index is 5.88. The molecular formula is C14H12ClN. The van der Waals surface area contributed by atoms with Crippen molar-refractivity contribution >= 4 is 23.5 Å². The van der Waals surface area contributed by atoms with Gasteiger partial charge in [0.1, 0.15) is 0 Å². The zero-order valence-corrected chi connectivity index (χ0v) is 9.78. The standard InChI is InChI=1S/C14H12ClN/c1-11-4-2-5-12(8-11)10-16-14-7-3-6-13(15)9-14/h2-10H,1H3. The first-order chi connectivity index (χ1) is 7.74. The first-order valence-electron chi connectivity index (χ1n) is 5.10. The highest BCUT2D eigenvalue weighted by atomic mass is 35.5. The second-order valence-electron chi connectivity index (χ2n) is 3.65. The summed E-state index contributed by atoms with van der Waals surface area (Å²) in [6.07, 6.45) is 1.85. The summed E-state index contributed by atoms with van der Waals surface area (Å²) in [6, 6.07) is 15.7. The zero-order valence-electron chi connectivity index (χ0n) is 9.02. The fourth-order valence-corrected chi connectivity index (χ4v) is 1.64. The van der Waals surface area contributed by atoms with E-state index >= 15 is 0 Å². The van der Waals surface area contributed by atoms with E-state index in [2.05, 4.69) is 24.0 Å². The minimum absolute atomic E-state index is 0.707. The molecule has 16 heavy (non-hydrogen) atoms. The highest BCUT2D eigenvalue weighted by molar-refractivity contribution is 6.30. The van der Waals surface area contributed by atoms with Crippen LogP contribution in [0.3, 0.4) is 0 Å². The first kappa shape index (κ1) is 10.9. The lowest BCUT2D eigenvalue weighted by atomic mass is 10.1. The number of hydrogen-bond donors (Lipinski definition) is 0. The van der Waals surface area contributed by atoms with Crippen LogP contribution in [0.4, 0.5) is 5.69 Å². The number of rotatable bonds is 2. The average molecular weight is 230 g/mol. The Morgan fingerprint density at radius 2 is 1.88 bits per heavy atom. The molecule has 0 N–H and O–H groups in total. The highest BCUT2D eigenvalue weighted by Gasteiger charge is 1.91. The first-order valence-corrected chi connectivity index (χ1v) is 5.48. The van der Waals surface area contributed by atoms with E-state index in [0.717, 1.165) is 11.3 Å². The second-order valence-corrected chi connectivity index (χ2v) is 4.09. The molecule has 2 aromatic rings. The largest absolute Gasteiger partial charge is 0.256 e. The van der Waals surface area contributed by atoms with Gasteiger partial charge in [-0.15, -0.1) is 0 Å². The minimum atomic E-state index is 0.707. The van der Waals surface area contributed by atoms with Gasteiger partial charge in [0, 0.05) is 11.2 Å². The van der Waals surface area contributed by atoms with Crippen molar-refractivity contribution in [3.63, 3.8) is 0 Å². The van der Waals surface area contributed by atoms with Gasteiger partial charge in [-0.2, -0.15) is 0 Å². The van der Waals surface area contributed by atoms with E-state index in [4.69, 9.17) is 11.6 Å². The quantitative estimate of drug-likeness (QED) is 0.677. The number of aliphatic imine (C=N–C) groups is 1. The van der Waals surface area contributed by atoms with E-state index in [1.54, 1.807) is 0 Å². The van der Waals surface area contributed by atoms with Gasteiger partial charge in [0.15, 0.2) is 0 Å². The molecule has 80 valence electrons. The fourth-order valence-electron chi connectivity index (χ4n) is 1.46. The smallest absolute Gasteiger partial charge is 0.0644 e. The molecule has 0 spiro atoms. The van der Waals surface area contributed by atoms with Gasteiger partial charge in [0.25, 0.3) is 0 Å². The molecule has 0 saturated carbocycles. The van der Waals surface area contributed by atoms with Gasteiger partial charge < -0.3 is 0 Å². The summed E-state index contributed by atoms with van der Waals surface area (Å²) < 4.78 is 0. The van der Waals surface area contributed by atoms with Crippen molar-refractivity contribution in [2.45, 2.75) is 6.92 Å². The molecule has 2 heteroatoms. The van der Waals surface area contributed by atoms with E-state index in [-0.39, 0.29) is 0 Å². The summed E-state index contributed by atoms with van der Waals surface area (Å²) in [7, 11) is 0. The van der Waals surface area contributed by atoms with Gasteiger partial charge in [-0.25, -0.2) is 0 Å². The summed E-state index contributed by atoms with van der Waals surface area (Å²) in [4.78, 5) is 4.37. The third-order valence-corrected chi connectivity index (χ3v) is 2.45. The Labute approximate surface area is 100 Å². The Kier molecular flexibility index (Phi) is 3.37. The van der Waals surface area contributed by atoms with Crippen molar-refractivity contribution in [2.75, 3.05) is 0 Å². The van der Waals surface area contributed by atoms with Crippen molar-refractivity contribution in [1.29, 1.82) is 0 Å². The number of benzene rings is 2. The molecule has 2 aromatic carbocycles. The lowest BCUT2D eigenvalue weighted by Crippen LogP contribution is -1.81. The summed E-state index contributed by atoms with van der Waals surface area (Å²) in [5.74, 6) is 0. The van der Waals surface area contributed by atoms with Gasteiger partial charge in [-0.1, -0.05) is 47.5 Å². The molecule has 1 nitrogen and oxygen atoms in total. The Morgan fingerprint density at radius 1 is 1.06 bits per heavy atom. The Morgan fingerprint density at radius 3 is 2.62 bits per heavy atom. The summed E-state index contributed by atoms with van der Waals surface area (Å²) in [5.41, 5.74) is 3.20. The maximum Gasteiger partial charge on any atom is 0.0644 e. The molecule has 0 radical (unpaired) electrons. The Balaban J connectivity index is 2.21. The third kappa shape index (κ3) is 2.94. The molecule has 0 saturated heterocycles. The van der Waals surface area contributed by atoms with Crippen molar-refractivity contribution in [1.82, 2.24) is 0 Å². The molecule has 0 unspecified atom stereocenters. The highest BCUT2D eigenvalue weighted by Crippen LogP contribution is 2.17. The van der Waals surface area contributed by atoms with Gasteiger partial charge >= 0.3 is 0 Å². The van der Waals surface area contributed by atoms with Crippen LogP contribution in [0.15, 0.2) is 53.5 Å².